The first-order valence-corrected chi connectivity index (χ1v) is 11.8. The third kappa shape index (κ3) is 7.92. The lowest BCUT2D eigenvalue weighted by Gasteiger charge is -2.21. The molecular weight excluding hydrogens is 448 g/mol. The van der Waals surface area contributed by atoms with E-state index >= 15 is 0 Å². The lowest BCUT2D eigenvalue weighted by atomic mass is 9.84. The van der Waals surface area contributed by atoms with Gasteiger partial charge in [0.1, 0.15) is 0 Å². The molecule has 0 radical (unpaired) electrons. The van der Waals surface area contributed by atoms with E-state index in [-0.39, 0.29) is 52.7 Å². The Morgan fingerprint density at radius 3 is 1.60 bits per heavy atom. The highest BCUT2D eigenvalue weighted by Crippen LogP contribution is 2.28. The van der Waals surface area contributed by atoms with Crippen molar-refractivity contribution in [2.24, 2.45) is 10.8 Å². The maximum Gasteiger partial charge on any atom is 0.309 e. The predicted octanol–water partition coefficient (Wildman–Crippen LogP) is 4.02. The molecule has 2 aliphatic rings. The van der Waals surface area contributed by atoms with Gasteiger partial charge in [0.05, 0.1) is 5.41 Å². The fourth-order valence-corrected chi connectivity index (χ4v) is 3.83. The van der Waals surface area contributed by atoms with Crippen molar-refractivity contribution < 1.29 is 34.2 Å². The first-order chi connectivity index (χ1) is 16.3. The largest absolute Gasteiger partial charge is 0.481 e. The molecule has 0 aromatic rings. The summed E-state index contributed by atoms with van der Waals surface area (Å²) in [5, 5.41) is 18.6. The van der Waals surface area contributed by atoms with Gasteiger partial charge in [-0.3, -0.25) is 24.0 Å². The molecule has 2 N–H and O–H groups in total. The number of hydrogen-bond donors (Lipinski definition) is 2. The molecule has 7 heteroatoms. The number of rotatable bonds is 12. The Morgan fingerprint density at radius 2 is 1.20 bits per heavy atom. The summed E-state index contributed by atoms with van der Waals surface area (Å²) < 4.78 is 0. The quantitative estimate of drug-likeness (QED) is 0.402. The van der Waals surface area contributed by atoms with E-state index in [1.165, 1.54) is 36.5 Å². The smallest absolute Gasteiger partial charge is 0.309 e. The number of Topliss-reactive ketones (excluding diaryl/α,β-unsaturated/α-hetero) is 2. The van der Waals surface area contributed by atoms with Crippen LogP contribution in [0, 0.1) is 10.8 Å². The molecule has 0 saturated carbocycles. The topological polar surface area (TPSA) is 126 Å². The van der Waals surface area contributed by atoms with Crippen LogP contribution >= 0.6 is 0 Å². The number of carboxylic acids is 1. The summed E-state index contributed by atoms with van der Waals surface area (Å²) in [6.45, 7) is 7.10. The molecule has 35 heavy (non-hydrogen) atoms. The van der Waals surface area contributed by atoms with Gasteiger partial charge in [-0.15, -0.1) is 0 Å². The van der Waals surface area contributed by atoms with E-state index in [0.717, 1.165) is 0 Å². The first-order valence-electron chi connectivity index (χ1n) is 11.8. The maximum atomic E-state index is 12.8. The molecule has 0 aromatic carbocycles. The van der Waals surface area contributed by atoms with Crippen molar-refractivity contribution in [1.82, 2.24) is 0 Å². The Bertz CT molecular complexity index is 1070. The number of allylic oxidation sites excluding steroid dienone is 10. The van der Waals surface area contributed by atoms with Gasteiger partial charge in [-0.1, -0.05) is 26.0 Å². The van der Waals surface area contributed by atoms with Crippen molar-refractivity contribution >= 4 is 29.1 Å². The molecule has 0 fully saturated rings. The van der Waals surface area contributed by atoms with Gasteiger partial charge in [0, 0.05) is 28.9 Å². The van der Waals surface area contributed by atoms with Crippen LogP contribution in [0.3, 0.4) is 0 Å². The molecule has 0 atom stereocenters. The number of aliphatic hydroxyl groups is 1. The van der Waals surface area contributed by atoms with Crippen molar-refractivity contribution in [3.8, 4) is 0 Å². The van der Waals surface area contributed by atoms with Crippen LogP contribution in [0.4, 0.5) is 0 Å². The summed E-state index contributed by atoms with van der Waals surface area (Å²) in [4.78, 5) is 61.3. The summed E-state index contributed by atoms with van der Waals surface area (Å²) >= 11 is 0. The normalized spacial score (nSPS) is 17.4. The van der Waals surface area contributed by atoms with Crippen LogP contribution in [0.15, 0.2) is 58.7 Å². The van der Waals surface area contributed by atoms with Crippen LogP contribution in [0.2, 0.25) is 0 Å². The predicted molar refractivity (Wildman–Crippen MR) is 131 cm³/mol. The van der Waals surface area contributed by atoms with Crippen LogP contribution in [-0.4, -0.2) is 45.9 Å². The molecule has 0 heterocycles. The number of aliphatic hydroxyl groups excluding tert-OH is 1. The van der Waals surface area contributed by atoms with E-state index in [0.29, 0.717) is 43.3 Å². The number of carboxylic acid groups (broad SMARTS) is 1. The number of aliphatic carboxylic acids is 1. The van der Waals surface area contributed by atoms with E-state index in [1.54, 1.807) is 13.8 Å². The monoisotopic (exact) mass is 482 g/mol. The van der Waals surface area contributed by atoms with Crippen molar-refractivity contribution in [2.45, 2.75) is 66.2 Å². The van der Waals surface area contributed by atoms with E-state index in [9.17, 15) is 34.2 Å². The summed E-state index contributed by atoms with van der Waals surface area (Å²) in [7, 11) is 0. The van der Waals surface area contributed by atoms with Gasteiger partial charge in [0.2, 0.25) is 0 Å². The van der Waals surface area contributed by atoms with Crippen molar-refractivity contribution in [2.75, 3.05) is 6.61 Å². The molecule has 7 nitrogen and oxygen atoms in total. The van der Waals surface area contributed by atoms with E-state index in [2.05, 4.69) is 0 Å². The molecule has 0 spiro atoms. The second-order valence-corrected chi connectivity index (χ2v) is 10.6. The fourth-order valence-electron chi connectivity index (χ4n) is 3.83. The number of carbonyl (C=O) groups is 5. The Labute approximate surface area is 206 Å². The van der Waals surface area contributed by atoms with E-state index in [1.807, 2.05) is 13.8 Å². The van der Waals surface area contributed by atoms with Crippen LogP contribution < -0.4 is 0 Å². The molecule has 0 saturated heterocycles. The Morgan fingerprint density at radius 1 is 0.771 bits per heavy atom. The number of hydrogen-bond acceptors (Lipinski definition) is 6. The molecule has 0 unspecified atom stereocenters. The second-order valence-electron chi connectivity index (χ2n) is 10.6. The van der Waals surface area contributed by atoms with E-state index in [4.69, 9.17) is 0 Å². The number of ketones is 4. The lowest BCUT2D eigenvalue weighted by Crippen LogP contribution is -2.23. The van der Waals surface area contributed by atoms with Crippen LogP contribution in [0.25, 0.3) is 0 Å². The van der Waals surface area contributed by atoms with Crippen LogP contribution in [0.5, 0.6) is 0 Å². The molecule has 0 bridgehead atoms. The van der Waals surface area contributed by atoms with E-state index < -0.39 is 11.4 Å². The molecule has 188 valence electrons. The second kappa shape index (κ2) is 11.5. The minimum Gasteiger partial charge on any atom is -0.481 e. The summed E-state index contributed by atoms with van der Waals surface area (Å²) in [5.74, 6) is -2.26. The standard InChI is InChI=1S/C28H34O7/c1-27(2,17-29)11-5-7-18-13-22(30)15-20(24(18)32)9-10-21-16-23(31)14-19(25(21)33)8-6-12-28(3,4)26(34)35/h9-10,13-16,29H,5-8,11-12,17H2,1-4H3,(H,34,35)/b10-9-. The Kier molecular flexibility index (Phi) is 9.21. The van der Waals surface area contributed by atoms with Crippen molar-refractivity contribution in [3.63, 3.8) is 0 Å². The summed E-state index contributed by atoms with van der Waals surface area (Å²) in [6, 6.07) is 0. The van der Waals surface area contributed by atoms with Gasteiger partial charge in [-0.2, -0.15) is 0 Å². The highest BCUT2D eigenvalue weighted by Gasteiger charge is 2.28. The Balaban J connectivity index is 2.05. The van der Waals surface area contributed by atoms with Gasteiger partial charge in [0.15, 0.2) is 23.1 Å². The van der Waals surface area contributed by atoms with Crippen LogP contribution in [-0.2, 0) is 24.0 Å². The van der Waals surface area contributed by atoms with Gasteiger partial charge in [-0.05, 0) is 82.1 Å². The average molecular weight is 483 g/mol. The van der Waals surface area contributed by atoms with Gasteiger partial charge < -0.3 is 10.2 Å². The minimum atomic E-state index is -0.930. The van der Waals surface area contributed by atoms with Gasteiger partial charge in [0.25, 0.3) is 0 Å². The minimum absolute atomic E-state index is 0.0302. The van der Waals surface area contributed by atoms with Crippen molar-refractivity contribution in [3.05, 3.63) is 58.7 Å². The first kappa shape index (κ1) is 28.1. The zero-order chi connectivity index (χ0) is 26.4. The molecule has 0 aromatic heterocycles. The molecule has 2 rings (SSSR count). The highest BCUT2D eigenvalue weighted by atomic mass is 16.4. The summed E-state index contributed by atoms with van der Waals surface area (Å²) in [6.07, 6.45) is 10.5. The molecule has 0 aliphatic heterocycles. The number of carbonyl (C=O) groups excluding carboxylic acids is 4. The summed E-state index contributed by atoms with van der Waals surface area (Å²) in [5.41, 5.74) is -0.255. The fraction of sp³-hybridized carbons (Fsp3) is 0.464. The molecule has 0 amide bonds. The highest BCUT2D eigenvalue weighted by molar-refractivity contribution is 6.23. The lowest BCUT2D eigenvalue weighted by molar-refractivity contribution is -0.147. The molecule has 2 aliphatic carbocycles. The zero-order valence-electron chi connectivity index (χ0n) is 20.8. The molecular formula is C28H34O7. The maximum absolute atomic E-state index is 12.8. The third-order valence-corrected chi connectivity index (χ3v) is 6.33. The zero-order valence-corrected chi connectivity index (χ0v) is 20.8. The SMILES string of the molecule is CC(C)(CO)CCCC1=CC(=O)C=C(/C=C\C2=CC(=O)C=C(CCCC(C)(C)C(=O)O)C2=O)C1=O. The van der Waals surface area contributed by atoms with Crippen molar-refractivity contribution in [1.29, 1.82) is 0 Å². The average Bonchev–Trinajstić information content (AvgIpc) is 2.77. The Hall–Kier alpha value is -3.19. The third-order valence-electron chi connectivity index (χ3n) is 6.33. The van der Waals surface area contributed by atoms with Gasteiger partial charge >= 0.3 is 5.97 Å². The van der Waals surface area contributed by atoms with Crippen LogP contribution in [0.1, 0.15) is 66.2 Å². The van der Waals surface area contributed by atoms with Gasteiger partial charge in [-0.25, -0.2) is 0 Å².